The van der Waals surface area contributed by atoms with Crippen molar-refractivity contribution in [2.75, 3.05) is 5.73 Å². The third-order valence-electron chi connectivity index (χ3n) is 2.85. The van der Waals surface area contributed by atoms with E-state index in [2.05, 4.69) is 51.5 Å². The van der Waals surface area contributed by atoms with Crippen LogP contribution >= 0.6 is 23.1 Å². The van der Waals surface area contributed by atoms with Gasteiger partial charge in [-0.25, -0.2) is 15.0 Å². The maximum absolute atomic E-state index is 5.64. The summed E-state index contributed by atoms with van der Waals surface area (Å²) in [5.41, 5.74) is 9.08. The number of rotatable bonds is 4. The van der Waals surface area contributed by atoms with Crippen LogP contribution in [-0.2, 0) is 5.75 Å². The van der Waals surface area contributed by atoms with Crippen molar-refractivity contribution in [3.05, 3.63) is 53.2 Å². The monoisotopic (exact) mass is 314 g/mol. The molecule has 0 saturated heterocycles. The van der Waals surface area contributed by atoms with Gasteiger partial charge in [-0.3, -0.25) is 0 Å². The Labute approximate surface area is 131 Å². The number of anilines is 1. The lowest BCUT2D eigenvalue weighted by Gasteiger charge is -1.99. The molecular weight excluding hydrogens is 300 g/mol. The smallest absolute Gasteiger partial charge is 0.189 e. The number of nitrogens with zero attached hydrogens (tertiary/aromatic N) is 3. The Hall–Kier alpha value is -1.92. The van der Waals surface area contributed by atoms with E-state index in [-0.39, 0.29) is 0 Å². The molecule has 2 aromatic heterocycles. The van der Waals surface area contributed by atoms with Crippen LogP contribution in [0, 0.1) is 6.92 Å². The minimum absolute atomic E-state index is 0.492. The number of hydrogen-bond acceptors (Lipinski definition) is 6. The van der Waals surface area contributed by atoms with Crippen LogP contribution in [0.3, 0.4) is 0 Å². The van der Waals surface area contributed by atoms with Gasteiger partial charge in [0.05, 0.1) is 5.69 Å². The van der Waals surface area contributed by atoms with Gasteiger partial charge >= 0.3 is 0 Å². The topological polar surface area (TPSA) is 64.7 Å². The van der Waals surface area contributed by atoms with Gasteiger partial charge in [-0.05, 0) is 13.0 Å². The Morgan fingerprint density at radius 3 is 2.71 bits per heavy atom. The molecule has 0 fully saturated rings. The first kappa shape index (κ1) is 14.0. The van der Waals surface area contributed by atoms with Gasteiger partial charge in [0.1, 0.15) is 10.8 Å². The Bertz CT molecular complexity index is 737. The fraction of sp³-hybridized carbons (Fsp3) is 0.133. The maximum atomic E-state index is 5.64. The standard InChI is InChI=1S/C15H14N4S2/c1-10-2-4-11(5-3-10)14-18-12(8-20-14)9-21-15-17-7-6-13(16)19-15/h2-8H,9H2,1H3,(H2,16,17,19). The maximum Gasteiger partial charge on any atom is 0.189 e. The summed E-state index contributed by atoms with van der Waals surface area (Å²) in [4.78, 5) is 13.0. The molecule has 3 rings (SSSR count). The van der Waals surface area contributed by atoms with Crippen LogP contribution in [0.2, 0.25) is 0 Å². The van der Waals surface area contributed by atoms with Gasteiger partial charge in [0.15, 0.2) is 5.16 Å². The molecule has 4 nitrogen and oxygen atoms in total. The summed E-state index contributed by atoms with van der Waals surface area (Å²) in [6.45, 7) is 2.08. The van der Waals surface area contributed by atoms with Crippen molar-refractivity contribution in [3.63, 3.8) is 0 Å². The molecule has 0 atom stereocenters. The highest BCUT2D eigenvalue weighted by molar-refractivity contribution is 7.98. The van der Waals surface area contributed by atoms with E-state index >= 15 is 0 Å². The second-order valence-electron chi connectivity index (χ2n) is 4.56. The van der Waals surface area contributed by atoms with E-state index in [9.17, 15) is 0 Å². The van der Waals surface area contributed by atoms with Crippen LogP contribution in [-0.4, -0.2) is 15.0 Å². The third kappa shape index (κ3) is 3.59. The molecule has 0 saturated carbocycles. The quantitative estimate of drug-likeness (QED) is 0.586. The molecule has 106 valence electrons. The summed E-state index contributed by atoms with van der Waals surface area (Å²) in [5.74, 6) is 1.23. The van der Waals surface area contributed by atoms with Crippen molar-refractivity contribution in [1.29, 1.82) is 0 Å². The third-order valence-corrected chi connectivity index (χ3v) is 4.69. The second kappa shape index (κ2) is 6.24. The lowest BCUT2D eigenvalue weighted by Crippen LogP contribution is -1.93. The molecule has 0 bridgehead atoms. The van der Waals surface area contributed by atoms with Crippen LogP contribution < -0.4 is 5.73 Å². The van der Waals surface area contributed by atoms with Crippen molar-refractivity contribution in [3.8, 4) is 10.6 Å². The number of aromatic nitrogens is 3. The predicted octanol–water partition coefficient (Wildman–Crippen LogP) is 3.78. The van der Waals surface area contributed by atoms with E-state index < -0.39 is 0 Å². The van der Waals surface area contributed by atoms with Gasteiger partial charge in [-0.2, -0.15) is 0 Å². The largest absolute Gasteiger partial charge is 0.384 e. The highest BCUT2D eigenvalue weighted by Gasteiger charge is 2.06. The van der Waals surface area contributed by atoms with Gasteiger partial charge in [0.2, 0.25) is 0 Å². The first-order valence-electron chi connectivity index (χ1n) is 6.43. The molecule has 2 heterocycles. The fourth-order valence-electron chi connectivity index (χ4n) is 1.76. The molecule has 0 unspecified atom stereocenters. The van der Waals surface area contributed by atoms with Gasteiger partial charge in [0, 0.05) is 22.9 Å². The number of nitrogen functional groups attached to an aromatic ring is 1. The fourth-order valence-corrected chi connectivity index (χ4v) is 3.43. The predicted molar refractivity (Wildman–Crippen MR) is 88.3 cm³/mol. The van der Waals surface area contributed by atoms with Crippen molar-refractivity contribution < 1.29 is 0 Å². The number of nitrogens with two attached hydrogens (primary N) is 1. The van der Waals surface area contributed by atoms with Crippen LogP contribution in [0.4, 0.5) is 5.82 Å². The number of aryl methyl sites for hydroxylation is 1. The van der Waals surface area contributed by atoms with E-state index in [1.165, 1.54) is 5.56 Å². The summed E-state index contributed by atoms with van der Waals surface area (Å²) < 4.78 is 0. The molecule has 0 amide bonds. The Balaban J connectivity index is 1.69. The number of hydrogen-bond donors (Lipinski definition) is 1. The average molecular weight is 314 g/mol. The van der Waals surface area contributed by atoms with Crippen LogP contribution in [0.25, 0.3) is 10.6 Å². The minimum Gasteiger partial charge on any atom is -0.384 e. The number of thioether (sulfide) groups is 1. The highest BCUT2D eigenvalue weighted by atomic mass is 32.2. The molecule has 0 spiro atoms. The van der Waals surface area contributed by atoms with E-state index in [0.29, 0.717) is 11.0 Å². The van der Waals surface area contributed by atoms with E-state index in [4.69, 9.17) is 5.73 Å². The molecule has 0 radical (unpaired) electrons. The molecule has 0 aliphatic carbocycles. The molecule has 3 aromatic rings. The van der Waals surface area contributed by atoms with Crippen molar-refractivity contribution in [2.24, 2.45) is 0 Å². The van der Waals surface area contributed by atoms with Crippen molar-refractivity contribution >= 4 is 28.9 Å². The lowest BCUT2D eigenvalue weighted by atomic mass is 10.2. The summed E-state index contributed by atoms with van der Waals surface area (Å²) in [7, 11) is 0. The van der Waals surface area contributed by atoms with Gasteiger partial charge in [-0.1, -0.05) is 41.6 Å². The van der Waals surface area contributed by atoms with Gasteiger partial charge in [-0.15, -0.1) is 11.3 Å². The zero-order valence-corrected chi connectivity index (χ0v) is 13.1. The van der Waals surface area contributed by atoms with Crippen LogP contribution in [0.15, 0.2) is 47.1 Å². The first-order chi connectivity index (χ1) is 10.2. The SMILES string of the molecule is Cc1ccc(-c2nc(CSc3nccc(N)n3)cs2)cc1. The molecule has 0 aliphatic heterocycles. The van der Waals surface area contributed by atoms with Crippen LogP contribution in [0.1, 0.15) is 11.3 Å². The first-order valence-corrected chi connectivity index (χ1v) is 8.30. The van der Waals surface area contributed by atoms with Gasteiger partial charge in [0.25, 0.3) is 0 Å². The lowest BCUT2D eigenvalue weighted by molar-refractivity contribution is 0.974. The Morgan fingerprint density at radius 1 is 1.14 bits per heavy atom. The summed E-state index contributed by atoms with van der Waals surface area (Å²) >= 11 is 3.20. The Morgan fingerprint density at radius 2 is 1.95 bits per heavy atom. The highest BCUT2D eigenvalue weighted by Crippen LogP contribution is 2.27. The summed E-state index contributed by atoms with van der Waals surface area (Å²) in [5, 5.41) is 3.80. The number of benzene rings is 1. The molecule has 21 heavy (non-hydrogen) atoms. The molecular formula is C15H14N4S2. The molecule has 0 aliphatic rings. The van der Waals surface area contributed by atoms with E-state index in [1.54, 1.807) is 35.4 Å². The molecule has 1 aromatic carbocycles. The van der Waals surface area contributed by atoms with Gasteiger partial charge < -0.3 is 5.73 Å². The van der Waals surface area contributed by atoms with E-state index in [0.717, 1.165) is 22.0 Å². The second-order valence-corrected chi connectivity index (χ2v) is 6.36. The molecule has 2 N–H and O–H groups in total. The summed E-state index contributed by atoms with van der Waals surface area (Å²) in [6.07, 6.45) is 1.67. The van der Waals surface area contributed by atoms with Crippen molar-refractivity contribution in [2.45, 2.75) is 17.8 Å². The zero-order valence-electron chi connectivity index (χ0n) is 11.5. The van der Waals surface area contributed by atoms with Crippen molar-refractivity contribution in [1.82, 2.24) is 15.0 Å². The molecule has 6 heteroatoms. The average Bonchev–Trinajstić information content (AvgIpc) is 2.95. The Kier molecular flexibility index (Phi) is 4.17. The summed E-state index contributed by atoms with van der Waals surface area (Å²) in [6, 6.07) is 10.1. The minimum atomic E-state index is 0.492. The van der Waals surface area contributed by atoms with E-state index in [1.807, 2.05) is 0 Å². The zero-order chi connectivity index (χ0) is 14.7. The number of thiazole rings is 1. The van der Waals surface area contributed by atoms with Crippen LogP contribution in [0.5, 0.6) is 0 Å². The normalized spacial score (nSPS) is 10.7.